The van der Waals surface area contributed by atoms with E-state index < -0.39 is 0 Å². The third kappa shape index (κ3) is 4.68. The fourth-order valence-corrected chi connectivity index (χ4v) is 3.35. The molecular weight excluding hydrogens is 280 g/mol. The van der Waals surface area contributed by atoms with Crippen molar-refractivity contribution < 1.29 is 0 Å². The molecule has 0 radical (unpaired) electrons. The molecule has 1 aliphatic rings. The number of nitrogens with zero attached hydrogens (tertiary/aromatic N) is 2. The van der Waals surface area contributed by atoms with Crippen molar-refractivity contribution in [2.75, 3.05) is 13.3 Å². The Labute approximate surface area is 131 Å². The maximum Gasteiger partial charge on any atom is 0.191 e. The fourth-order valence-electron chi connectivity index (χ4n) is 2.56. The number of nitriles is 1. The minimum atomic E-state index is 0.523. The van der Waals surface area contributed by atoms with Gasteiger partial charge in [0.15, 0.2) is 5.96 Å². The van der Waals surface area contributed by atoms with Gasteiger partial charge in [-0.15, -0.1) is 0 Å². The molecule has 0 aromatic heterocycles. The highest BCUT2D eigenvalue weighted by Crippen LogP contribution is 2.27. The van der Waals surface area contributed by atoms with E-state index in [1.165, 1.54) is 19.3 Å². The first-order valence-corrected chi connectivity index (χ1v) is 8.53. The van der Waals surface area contributed by atoms with Crippen molar-refractivity contribution in [3.8, 4) is 6.07 Å². The molecule has 2 atom stereocenters. The van der Waals surface area contributed by atoms with E-state index in [9.17, 15) is 0 Å². The number of hydrogen-bond acceptors (Lipinski definition) is 3. The van der Waals surface area contributed by atoms with E-state index in [2.05, 4.69) is 28.0 Å². The SMILES string of the molecule is CN=C(NCc1ccc(C#N)cc1)NC1CCC(SC)C1. The zero-order chi connectivity index (χ0) is 15.1. The van der Waals surface area contributed by atoms with E-state index >= 15 is 0 Å². The van der Waals surface area contributed by atoms with Crippen molar-refractivity contribution in [2.24, 2.45) is 4.99 Å². The van der Waals surface area contributed by atoms with Crippen LogP contribution >= 0.6 is 11.8 Å². The molecule has 0 amide bonds. The molecule has 2 N–H and O–H groups in total. The summed E-state index contributed by atoms with van der Waals surface area (Å²) in [6.07, 6.45) is 5.89. The van der Waals surface area contributed by atoms with Gasteiger partial charge >= 0.3 is 0 Å². The van der Waals surface area contributed by atoms with Crippen molar-refractivity contribution in [2.45, 2.75) is 37.1 Å². The molecule has 0 spiro atoms. The molecule has 0 saturated heterocycles. The molecule has 112 valence electrons. The Morgan fingerprint density at radius 3 is 2.71 bits per heavy atom. The van der Waals surface area contributed by atoms with Crippen LogP contribution in [0.25, 0.3) is 0 Å². The van der Waals surface area contributed by atoms with Gasteiger partial charge in [0, 0.05) is 24.9 Å². The molecule has 1 aromatic carbocycles. The highest BCUT2D eigenvalue weighted by molar-refractivity contribution is 7.99. The Balaban J connectivity index is 1.81. The van der Waals surface area contributed by atoms with Gasteiger partial charge < -0.3 is 10.6 Å². The molecule has 1 aromatic rings. The highest BCUT2D eigenvalue weighted by Gasteiger charge is 2.24. The van der Waals surface area contributed by atoms with Crippen molar-refractivity contribution >= 4 is 17.7 Å². The largest absolute Gasteiger partial charge is 0.354 e. The summed E-state index contributed by atoms with van der Waals surface area (Å²) in [6, 6.07) is 10.3. The predicted molar refractivity (Wildman–Crippen MR) is 89.4 cm³/mol. The Hall–Kier alpha value is -1.67. The van der Waals surface area contributed by atoms with Crippen LogP contribution < -0.4 is 10.6 Å². The Kier molecular flexibility index (Phi) is 5.94. The zero-order valence-corrected chi connectivity index (χ0v) is 13.4. The van der Waals surface area contributed by atoms with Crippen LogP contribution in [0.15, 0.2) is 29.3 Å². The second-order valence-corrected chi connectivity index (χ2v) is 6.38. The van der Waals surface area contributed by atoms with Crippen LogP contribution in [0, 0.1) is 11.3 Å². The van der Waals surface area contributed by atoms with Crippen LogP contribution in [-0.4, -0.2) is 30.6 Å². The van der Waals surface area contributed by atoms with E-state index in [-0.39, 0.29) is 0 Å². The van der Waals surface area contributed by atoms with Crippen molar-refractivity contribution in [3.05, 3.63) is 35.4 Å². The smallest absolute Gasteiger partial charge is 0.191 e. The summed E-state index contributed by atoms with van der Waals surface area (Å²) in [5.74, 6) is 0.853. The minimum absolute atomic E-state index is 0.523. The summed E-state index contributed by atoms with van der Waals surface area (Å²) in [5.41, 5.74) is 1.83. The Bertz CT molecular complexity index is 518. The van der Waals surface area contributed by atoms with Crippen LogP contribution in [0.4, 0.5) is 0 Å². The van der Waals surface area contributed by atoms with Gasteiger partial charge in [0.2, 0.25) is 0 Å². The summed E-state index contributed by atoms with van der Waals surface area (Å²) >= 11 is 1.96. The molecule has 0 heterocycles. The maximum absolute atomic E-state index is 8.79. The second kappa shape index (κ2) is 7.94. The molecule has 1 aliphatic carbocycles. The summed E-state index contributed by atoms with van der Waals surface area (Å²) in [6.45, 7) is 0.712. The van der Waals surface area contributed by atoms with E-state index in [0.29, 0.717) is 18.2 Å². The summed E-state index contributed by atoms with van der Waals surface area (Å²) in [4.78, 5) is 4.29. The monoisotopic (exact) mass is 302 g/mol. The number of benzene rings is 1. The number of hydrogen-bond donors (Lipinski definition) is 2. The van der Waals surface area contributed by atoms with Gasteiger partial charge in [-0.2, -0.15) is 17.0 Å². The van der Waals surface area contributed by atoms with Crippen molar-refractivity contribution in [1.29, 1.82) is 5.26 Å². The molecular formula is C16H22N4S. The van der Waals surface area contributed by atoms with E-state index in [1.54, 1.807) is 7.05 Å². The van der Waals surface area contributed by atoms with Crippen LogP contribution in [0.3, 0.4) is 0 Å². The fraction of sp³-hybridized carbons (Fsp3) is 0.500. The molecule has 1 saturated carbocycles. The zero-order valence-electron chi connectivity index (χ0n) is 12.6. The number of guanidine groups is 1. The first kappa shape index (κ1) is 15.7. The molecule has 4 nitrogen and oxygen atoms in total. The van der Waals surface area contributed by atoms with Gasteiger partial charge in [-0.3, -0.25) is 4.99 Å². The van der Waals surface area contributed by atoms with E-state index in [0.717, 1.165) is 16.8 Å². The summed E-state index contributed by atoms with van der Waals surface area (Å²) in [7, 11) is 1.80. The topological polar surface area (TPSA) is 60.2 Å². The normalized spacial score (nSPS) is 21.9. The maximum atomic E-state index is 8.79. The summed E-state index contributed by atoms with van der Waals surface area (Å²) < 4.78 is 0. The molecule has 0 aliphatic heterocycles. The lowest BCUT2D eigenvalue weighted by atomic mass is 10.1. The van der Waals surface area contributed by atoms with E-state index in [1.807, 2.05) is 36.0 Å². The van der Waals surface area contributed by atoms with Crippen LogP contribution in [0.2, 0.25) is 0 Å². The first-order valence-electron chi connectivity index (χ1n) is 7.24. The average Bonchev–Trinajstić information content (AvgIpc) is 2.99. The van der Waals surface area contributed by atoms with Crippen LogP contribution in [-0.2, 0) is 6.54 Å². The highest BCUT2D eigenvalue weighted by atomic mass is 32.2. The van der Waals surface area contributed by atoms with E-state index in [4.69, 9.17) is 5.26 Å². The van der Waals surface area contributed by atoms with Gasteiger partial charge in [-0.25, -0.2) is 0 Å². The first-order chi connectivity index (χ1) is 10.2. The third-order valence-electron chi connectivity index (χ3n) is 3.83. The Morgan fingerprint density at radius 2 is 2.14 bits per heavy atom. The lowest BCUT2D eigenvalue weighted by molar-refractivity contribution is 0.614. The molecule has 0 bridgehead atoms. The van der Waals surface area contributed by atoms with Gasteiger partial charge in [-0.1, -0.05) is 12.1 Å². The number of nitrogens with one attached hydrogen (secondary N) is 2. The Morgan fingerprint density at radius 1 is 1.38 bits per heavy atom. The standard InChI is InChI=1S/C16H22N4S/c1-18-16(20-14-7-8-15(9-14)21-2)19-11-13-5-3-12(10-17)4-6-13/h3-6,14-15H,7-9,11H2,1-2H3,(H2,18,19,20). The number of rotatable bonds is 4. The molecule has 2 rings (SSSR count). The minimum Gasteiger partial charge on any atom is -0.354 e. The molecule has 21 heavy (non-hydrogen) atoms. The van der Waals surface area contributed by atoms with Crippen LogP contribution in [0.1, 0.15) is 30.4 Å². The molecule has 5 heteroatoms. The number of thioether (sulfide) groups is 1. The third-order valence-corrected chi connectivity index (χ3v) is 4.92. The molecule has 1 fully saturated rings. The lowest BCUT2D eigenvalue weighted by Crippen LogP contribution is -2.42. The number of aliphatic imine (C=N–C) groups is 1. The quantitative estimate of drug-likeness (QED) is 0.663. The predicted octanol–water partition coefficient (Wildman–Crippen LogP) is 2.51. The van der Waals surface area contributed by atoms with Gasteiger partial charge in [0.25, 0.3) is 0 Å². The van der Waals surface area contributed by atoms with Gasteiger partial charge in [0.1, 0.15) is 0 Å². The molecule has 2 unspecified atom stereocenters. The summed E-state index contributed by atoms with van der Waals surface area (Å²) in [5, 5.41) is 16.4. The lowest BCUT2D eigenvalue weighted by Gasteiger charge is -2.17. The van der Waals surface area contributed by atoms with Gasteiger partial charge in [-0.05, 0) is 43.2 Å². The van der Waals surface area contributed by atoms with Crippen molar-refractivity contribution in [1.82, 2.24) is 10.6 Å². The second-order valence-electron chi connectivity index (χ2n) is 5.25. The van der Waals surface area contributed by atoms with Crippen molar-refractivity contribution in [3.63, 3.8) is 0 Å². The van der Waals surface area contributed by atoms with Crippen LogP contribution in [0.5, 0.6) is 0 Å². The van der Waals surface area contributed by atoms with Gasteiger partial charge in [0.05, 0.1) is 11.6 Å². The average molecular weight is 302 g/mol.